The van der Waals surface area contributed by atoms with Crippen molar-refractivity contribution in [1.29, 1.82) is 0 Å². The molecule has 3 aromatic carbocycles. The Kier molecular flexibility index (Phi) is 13.3. The van der Waals surface area contributed by atoms with Gasteiger partial charge >= 0.3 is 11.7 Å². The van der Waals surface area contributed by atoms with Gasteiger partial charge in [0.1, 0.15) is 68.1 Å². The summed E-state index contributed by atoms with van der Waals surface area (Å²) in [5.41, 5.74) is 3.20. The number of carbonyl (C=O) groups is 1. The molecule has 5 heterocycles. The van der Waals surface area contributed by atoms with Gasteiger partial charge in [-0.3, -0.25) is 4.79 Å². The quantitative estimate of drug-likeness (QED) is 0.0958. The highest BCUT2D eigenvalue weighted by Gasteiger charge is 2.46. The maximum absolute atomic E-state index is 15.0. The molecule has 0 spiro atoms. The fraction of sp³-hybridized carbons (Fsp3) is 0.404. The second kappa shape index (κ2) is 19.2. The fourth-order valence-corrected chi connectivity index (χ4v) is 7.89. The molecule has 18 heteroatoms. The molecule has 2 fully saturated rings. The molecule has 0 aliphatic carbocycles. The monoisotopic (exact) mass is 893 g/mol. The largest absolute Gasteiger partial charge is 0.491 e. The number of piperazine rings is 1. The van der Waals surface area contributed by atoms with Gasteiger partial charge < -0.3 is 33.6 Å². The topological polar surface area (TPSA) is 138 Å². The lowest BCUT2D eigenvalue weighted by atomic mass is 9.89. The van der Waals surface area contributed by atoms with Gasteiger partial charge in [0.05, 0.1) is 18.8 Å². The number of rotatable bonds is 16. The molecule has 2 aliphatic rings. The van der Waals surface area contributed by atoms with E-state index in [1.54, 1.807) is 0 Å². The number of hydrogen-bond acceptors (Lipinski definition) is 12. The Morgan fingerprint density at radius 3 is 2.18 bits per heavy atom. The second-order valence-electron chi connectivity index (χ2n) is 17.6. The van der Waals surface area contributed by atoms with Crippen molar-refractivity contribution in [3.8, 4) is 11.4 Å². The van der Waals surface area contributed by atoms with Crippen LogP contribution in [-0.2, 0) is 44.4 Å². The molecule has 0 bridgehead atoms. The molecule has 2 aliphatic heterocycles. The summed E-state index contributed by atoms with van der Waals surface area (Å²) in [5, 5.41) is 8.51. The summed E-state index contributed by atoms with van der Waals surface area (Å²) in [6, 6.07) is 23.0. The zero-order valence-corrected chi connectivity index (χ0v) is 37.3. The Labute approximate surface area is 376 Å². The highest BCUT2D eigenvalue weighted by Crippen LogP contribution is 2.38. The Hall–Kier alpha value is -6.66. The average Bonchev–Trinajstić information content (AvgIpc) is 4.06. The normalized spacial score (nSPS) is 18.2. The van der Waals surface area contributed by atoms with E-state index in [2.05, 4.69) is 25.0 Å². The molecule has 342 valence electrons. The van der Waals surface area contributed by atoms with Crippen LogP contribution in [0.1, 0.15) is 32.8 Å². The van der Waals surface area contributed by atoms with Crippen molar-refractivity contribution >= 4 is 23.0 Å². The first-order valence-corrected chi connectivity index (χ1v) is 21.7. The maximum Gasteiger partial charge on any atom is 0.350 e. The second-order valence-corrected chi connectivity index (χ2v) is 17.6. The summed E-state index contributed by atoms with van der Waals surface area (Å²) < 4.78 is 59.3. The van der Waals surface area contributed by atoms with Crippen molar-refractivity contribution in [2.24, 2.45) is 5.41 Å². The minimum absolute atomic E-state index is 0.0168. The van der Waals surface area contributed by atoms with Crippen molar-refractivity contribution in [3.05, 3.63) is 138 Å². The standard InChI is InChI=1S/C47H55F2N10O6/c1-46(2,3)43(64-44(60)18-21-54-19-16-35(17-20-54)53(4)5)27-59-45(61)58(33-52-59)38-9-7-36(8-10-38)55-22-24-56(25-23-55)37-11-13-39(14-12-37)62-28-40-29-63-47(65-40,30-57-32-50-31-51-57)41-15-6-34(48)26-42(41)49/h6-17,19-20,26,31-33,40,43H,18,21-25,27-30H2,1-5H3/q+1. The predicted octanol–water partition coefficient (Wildman–Crippen LogP) is 4.98. The molecule has 0 saturated carbocycles. The summed E-state index contributed by atoms with van der Waals surface area (Å²) in [7, 11) is 3.96. The van der Waals surface area contributed by atoms with Gasteiger partial charge in [-0.1, -0.05) is 20.8 Å². The van der Waals surface area contributed by atoms with E-state index in [-0.39, 0.29) is 49.9 Å². The first kappa shape index (κ1) is 44.9. The lowest BCUT2D eigenvalue weighted by Gasteiger charge is -2.37. The summed E-state index contributed by atoms with van der Waals surface area (Å²) in [6.07, 6.45) is 7.32. The van der Waals surface area contributed by atoms with Crippen molar-refractivity contribution in [3.63, 3.8) is 0 Å². The van der Waals surface area contributed by atoms with Crippen LogP contribution in [0.25, 0.3) is 5.69 Å². The van der Waals surface area contributed by atoms with Gasteiger partial charge in [-0.15, -0.1) is 0 Å². The van der Waals surface area contributed by atoms with Gasteiger partial charge in [0.15, 0.2) is 18.9 Å². The van der Waals surface area contributed by atoms with Gasteiger partial charge in [-0.2, -0.15) is 10.2 Å². The SMILES string of the molecule is CN(C)c1cc[n+](CCC(=O)OC(Cn2ncn(-c3ccc(N4CCN(c5ccc(OCC6COC(Cn7cncn7)(c7ccc(F)cc7F)O6)cc5)CC4)cc3)c2=O)C(C)(C)C)cc1. The Bertz CT molecular complexity index is 2570. The van der Waals surface area contributed by atoms with Crippen LogP contribution in [0.15, 0.2) is 115 Å². The number of nitrogens with zero attached hydrogens (tertiary/aromatic N) is 10. The van der Waals surface area contributed by atoms with Crippen LogP contribution in [0.2, 0.25) is 0 Å². The van der Waals surface area contributed by atoms with Crippen LogP contribution in [-0.4, -0.2) is 101 Å². The van der Waals surface area contributed by atoms with Crippen molar-refractivity contribution in [2.45, 2.75) is 64.8 Å². The van der Waals surface area contributed by atoms with Crippen LogP contribution in [0.4, 0.5) is 25.8 Å². The molecule has 0 radical (unpaired) electrons. The van der Waals surface area contributed by atoms with Crippen LogP contribution in [0, 0.1) is 17.0 Å². The average molecular weight is 894 g/mol. The highest BCUT2D eigenvalue weighted by molar-refractivity contribution is 5.69. The zero-order valence-electron chi connectivity index (χ0n) is 37.3. The highest BCUT2D eigenvalue weighted by atomic mass is 19.1. The molecule has 6 aromatic rings. The lowest BCUT2D eigenvalue weighted by Crippen LogP contribution is -2.46. The molecule has 2 saturated heterocycles. The van der Waals surface area contributed by atoms with E-state index in [4.69, 9.17) is 18.9 Å². The van der Waals surface area contributed by atoms with Crippen LogP contribution >= 0.6 is 0 Å². The van der Waals surface area contributed by atoms with E-state index in [1.807, 2.05) is 117 Å². The van der Waals surface area contributed by atoms with Gasteiger partial charge in [0.25, 0.3) is 0 Å². The number of aromatic nitrogens is 7. The van der Waals surface area contributed by atoms with Gasteiger partial charge in [-0.25, -0.2) is 37.1 Å². The number of aryl methyl sites for hydroxylation is 1. The number of halogens is 2. The third-order valence-electron chi connectivity index (χ3n) is 11.7. The Morgan fingerprint density at radius 1 is 0.908 bits per heavy atom. The van der Waals surface area contributed by atoms with Crippen molar-refractivity contribution in [2.75, 3.05) is 68.2 Å². The summed E-state index contributed by atoms with van der Waals surface area (Å²) in [6.45, 7) is 10.1. The first-order valence-electron chi connectivity index (χ1n) is 21.7. The first-order chi connectivity index (χ1) is 31.2. The third-order valence-corrected chi connectivity index (χ3v) is 11.7. The Morgan fingerprint density at radius 2 is 1.57 bits per heavy atom. The molecule has 3 aromatic heterocycles. The van der Waals surface area contributed by atoms with E-state index < -0.39 is 35.0 Å². The van der Waals surface area contributed by atoms with E-state index in [0.717, 1.165) is 49.3 Å². The minimum Gasteiger partial charge on any atom is -0.491 e. The Balaban J connectivity index is 0.812. The number of benzene rings is 3. The summed E-state index contributed by atoms with van der Waals surface area (Å²) in [5.74, 6) is -2.70. The molecule has 0 N–H and O–H groups in total. The number of esters is 1. The molecule has 3 unspecified atom stereocenters. The fourth-order valence-electron chi connectivity index (χ4n) is 7.89. The molecular formula is C47H55F2N10O6+. The van der Waals surface area contributed by atoms with E-state index in [0.29, 0.717) is 18.0 Å². The van der Waals surface area contributed by atoms with Crippen LogP contribution in [0.3, 0.4) is 0 Å². The smallest absolute Gasteiger partial charge is 0.350 e. The van der Waals surface area contributed by atoms with E-state index in [9.17, 15) is 18.4 Å². The molecular weight excluding hydrogens is 839 g/mol. The number of anilines is 3. The lowest BCUT2D eigenvalue weighted by molar-refractivity contribution is -0.695. The molecule has 16 nitrogen and oxygen atoms in total. The predicted molar refractivity (Wildman–Crippen MR) is 238 cm³/mol. The van der Waals surface area contributed by atoms with E-state index in [1.165, 1.54) is 45.0 Å². The number of hydrogen-bond donors (Lipinski definition) is 0. The van der Waals surface area contributed by atoms with Crippen molar-refractivity contribution < 1.29 is 37.1 Å². The molecule has 65 heavy (non-hydrogen) atoms. The van der Waals surface area contributed by atoms with Gasteiger partial charge in [0.2, 0.25) is 5.79 Å². The number of ether oxygens (including phenoxy) is 4. The maximum atomic E-state index is 15.0. The molecule has 8 rings (SSSR count). The van der Waals surface area contributed by atoms with Gasteiger partial charge in [-0.05, 0) is 60.7 Å². The van der Waals surface area contributed by atoms with E-state index >= 15 is 0 Å². The molecule has 0 amide bonds. The van der Waals surface area contributed by atoms with Gasteiger partial charge in [0, 0.05) is 86.5 Å². The summed E-state index contributed by atoms with van der Waals surface area (Å²) >= 11 is 0. The molecule has 3 atom stereocenters. The van der Waals surface area contributed by atoms with Crippen LogP contribution < -0.4 is 29.7 Å². The van der Waals surface area contributed by atoms with Crippen molar-refractivity contribution in [1.82, 2.24) is 29.1 Å². The third kappa shape index (κ3) is 10.7. The number of pyridine rings is 1. The van der Waals surface area contributed by atoms with Crippen LogP contribution in [0.5, 0.6) is 5.75 Å². The summed E-state index contributed by atoms with van der Waals surface area (Å²) in [4.78, 5) is 37.2. The minimum atomic E-state index is -1.53. The zero-order chi connectivity index (χ0) is 45.7. The number of carbonyl (C=O) groups excluding carboxylic acids is 1.